The molecule has 2 aromatic carbocycles. The van der Waals surface area contributed by atoms with Gasteiger partial charge in [0.15, 0.2) is 18.7 Å². The summed E-state index contributed by atoms with van der Waals surface area (Å²) in [7, 11) is 0. The Morgan fingerprint density at radius 1 is 0.947 bits per heavy atom. The van der Waals surface area contributed by atoms with E-state index in [0.717, 1.165) is 43.2 Å². The Kier molecular flexibility index (Phi) is 10.7. The maximum atomic E-state index is 13.0. The van der Waals surface area contributed by atoms with E-state index in [9.17, 15) is 9.59 Å². The van der Waals surface area contributed by atoms with Crippen molar-refractivity contribution in [3.63, 3.8) is 0 Å². The van der Waals surface area contributed by atoms with Gasteiger partial charge >= 0.3 is 5.97 Å². The monoisotopic (exact) mass is 525 g/mol. The van der Waals surface area contributed by atoms with Crippen LogP contribution in [0.1, 0.15) is 69.8 Å². The first-order valence-electron chi connectivity index (χ1n) is 13.6. The van der Waals surface area contributed by atoms with Gasteiger partial charge in [0.05, 0.1) is 13.2 Å². The minimum Gasteiger partial charge on any atom is -0.457 e. The lowest BCUT2D eigenvalue weighted by Gasteiger charge is -2.48. The van der Waals surface area contributed by atoms with Crippen LogP contribution in [0.25, 0.3) is 0 Å². The predicted molar refractivity (Wildman–Crippen MR) is 141 cm³/mol. The van der Waals surface area contributed by atoms with Gasteiger partial charge in [-0.25, -0.2) is 0 Å². The SMILES string of the molecule is CCCCCCCC(=O)OC1[C@@H]2OC(c3ccccc3)OCC2O[C@@H](OCc2ccccc2)[C@H]1NC(C)=O. The highest BCUT2D eigenvalue weighted by atomic mass is 16.8. The summed E-state index contributed by atoms with van der Waals surface area (Å²) >= 11 is 0. The van der Waals surface area contributed by atoms with Crippen LogP contribution in [-0.2, 0) is 39.9 Å². The van der Waals surface area contributed by atoms with Crippen molar-refractivity contribution in [1.29, 1.82) is 0 Å². The first-order valence-corrected chi connectivity index (χ1v) is 13.6. The predicted octanol–water partition coefficient (Wildman–Crippen LogP) is 4.82. The fourth-order valence-corrected chi connectivity index (χ4v) is 4.86. The number of unbranched alkanes of at least 4 members (excludes halogenated alkanes) is 4. The van der Waals surface area contributed by atoms with E-state index in [1.54, 1.807) is 0 Å². The Bertz CT molecular complexity index is 1000. The van der Waals surface area contributed by atoms with Crippen LogP contribution in [0, 0.1) is 0 Å². The summed E-state index contributed by atoms with van der Waals surface area (Å²) < 4.78 is 30.8. The number of ether oxygens (including phenoxy) is 5. The number of carbonyl (C=O) groups is 2. The number of esters is 1. The molecule has 2 saturated heterocycles. The van der Waals surface area contributed by atoms with Gasteiger partial charge in [0.2, 0.25) is 5.91 Å². The van der Waals surface area contributed by atoms with E-state index in [2.05, 4.69) is 12.2 Å². The standard InChI is InChI=1S/C30H39NO7/c1-3-4-5-6-13-18-25(33)37-28-26(31-21(2)32)30(34-19-22-14-9-7-10-15-22)36-24-20-35-29(38-27(24)28)23-16-11-8-12-17-23/h7-12,14-17,24,26-30H,3-6,13,18-20H2,1-2H3,(H,31,32)/t24?,26-,27+,28?,29?,30+/m0/s1. The summed E-state index contributed by atoms with van der Waals surface area (Å²) in [6, 6.07) is 18.5. The lowest BCUT2D eigenvalue weighted by Crippen LogP contribution is -2.67. The molecule has 0 radical (unpaired) electrons. The van der Waals surface area contributed by atoms with E-state index in [1.165, 1.54) is 6.92 Å². The normalized spacial score (nSPS) is 26.8. The van der Waals surface area contributed by atoms with Crippen molar-refractivity contribution in [2.45, 2.75) is 95.9 Å². The molecular formula is C30H39NO7. The number of rotatable bonds is 12. The number of benzene rings is 2. The summed E-state index contributed by atoms with van der Waals surface area (Å²) in [5, 5.41) is 2.91. The molecule has 2 heterocycles. The van der Waals surface area contributed by atoms with Crippen LogP contribution in [0.2, 0.25) is 0 Å². The zero-order valence-corrected chi connectivity index (χ0v) is 22.3. The van der Waals surface area contributed by atoms with Crippen molar-refractivity contribution >= 4 is 11.9 Å². The van der Waals surface area contributed by atoms with E-state index in [0.29, 0.717) is 6.42 Å². The van der Waals surface area contributed by atoms with Crippen molar-refractivity contribution in [3.8, 4) is 0 Å². The Morgan fingerprint density at radius 3 is 2.37 bits per heavy atom. The molecule has 2 aliphatic rings. The molecule has 38 heavy (non-hydrogen) atoms. The molecule has 1 N–H and O–H groups in total. The molecule has 206 valence electrons. The van der Waals surface area contributed by atoms with Gasteiger partial charge in [-0.2, -0.15) is 0 Å². The lowest BCUT2D eigenvalue weighted by molar-refractivity contribution is -0.346. The van der Waals surface area contributed by atoms with E-state index in [4.69, 9.17) is 23.7 Å². The molecule has 0 spiro atoms. The third kappa shape index (κ3) is 7.86. The summed E-state index contributed by atoms with van der Waals surface area (Å²) in [5.41, 5.74) is 1.81. The molecule has 0 aliphatic carbocycles. The van der Waals surface area contributed by atoms with Crippen molar-refractivity contribution in [2.75, 3.05) is 6.61 Å². The Balaban J connectivity index is 1.52. The van der Waals surface area contributed by atoms with Crippen LogP contribution in [0.15, 0.2) is 60.7 Å². The Labute approximate surface area is 224 Å². The summed E-state index contributed by atoms with van der Waals surface area (Å²) in [6.45, 7) is 4.08. The molecule has 0 saturated carbocycles. The zero-order valence-electron chi connectivity index (χ0n) is 22.3. The quantitative estimate of drug-likeness (QED) is 0.314. The topological polar surface area (TPSA) is 92.3 Å². The van der Waals surface area contributed by atoms with Crippen molar-refractivity contribution in [3.05, 3.63) is 71.8 Å². The summed E-state index contributed by atoms with van der Waals surface area (Å²) in [6.07, 6.45) is 1.92. The minimum atomic E-state index is -0.858. The lowest BCUT2D eigenvalue weighted by atomic mass is 9.95. The number of amides is 1. The summed E-state index contributed by atoms with van der Waals surface area (Å²) in [5.74, 6) is -0.603. The third-order valence-electron chi connectivity index (χ3n) is 6.79. The number of carbonyl (C=O) groups excluding carboxylic acids is 2. The van der Waals surface area contributed by atoms with Gasteiger partial charge in [-0.1, -0.05) is 93.3 Å². The highest BCUT2D eigenvalue weighted by Gasteiger charge is 2.52. The maximum absolute atomic E-state index is 13.0. The first kappa shape index (κ1) is 28.2. The third-order valence-corrected chi connectivity index (χ3v) is 6.79. The van der Waals surface area contributed by atoms with Crippen LogP contribution in [-0.4, -0.2) is 49.1 Å². The minimum absolute atomic E-state index is 0.229. The van der Waals surface area contributed by atoms with Crippen LogP contribution >= 0.6 is 0 Å². The molecule has 0 aromatic heterocycles. The van der Waals surface area contributed by atoms with Crippen molar-refractivity contribution < 1.29 is 33.3 Å². The molecule has 3 unspecified atom stereocenters. The van der Waals surface area contributed by atoms with Crippen LogP contribution in [0.3, 0.4) is 0 Å². The Hall–Kier alpha value is -2.78. The van der Waals surface area contributed by atoms with Gasteiger partial charge in [-0.3, -0.25) is 9.59 Å². The molecule has 4 rings (SSSR count). The average molecular weight is 526 g/mol. The van der Waals surface area contributed by atoms with Crippen LogP contribution in [0.5, 0.6) is 0 Å². The van der Waals surface area contributed by atoms with E-state index < -0.39 is 36.9 Å². The molecule has 8 heteroatoms. The van der Waals surface area contributed by atoms with Crippen molar-refractivity contribution in [2.24, 2.45) is 0 Å². The first-order chi connectivity index (χ1) is 18.5. The molecule has 2 fully saturated rings. The van der Waals surface area contributed by atoms with Gasteiger partial charge in [0.1, 0.15) is 18.2 Å². The number of fused-ring (bicyclic) bond motifs is 1. The molecule has 2 aromatic rings. The zero-order chi connectivity index (χ0) is 26.7. The van der Waals surface area contributed by atoms with Crippen molar-refractivity contribution in [1.82, 2.24) is 5.32 Å². The van der Waals surface area contributed by atoms with Gasteiger partial charge in [-0.05, 0) is 12.0 Å². The Morgan fingerprint density at radius 2 is 1.66 bits per heavy atom. The van der Waals surface area contributed by atoms with E-state index in [-0.39, 0.29) is 25.1 Å². The highest BCUT2D eigenvalue weighted by Crippen LogP contribution is 2.36. The van der Waals surface area contributed by atoms with Gasteiger partial charge < -0.3 is 29.0 Å². The molecule has 1 amide bonds. The second-order valence-electron chi connectivity index (χ2n) is 9.86. The summed E-state index contributed by atoms with van der Waals surface area (Å²) in [4.78, 5) is 25.2. The molecule has 2 aliphatic heterocycles. The molecule has 0 bridgehead atoms. The largest absolute Gasteiger partial charge is 0.457 e. The van der Waals surface area contributed by atoms with Gasteiger partial charge in [-0.15, -0.1) is 0 Å². The number of hydrogen-bond acceptors (Lipinski definition) is 7. The van der Waals surface area contributed by atoms with E-state index in [1.807, 2.05) is 60.7 Å². The molecular weight excluding hydrogens is 486 g/mol. The van der Waals surface area contributed by atoms with Gasteiger partial charge in [0, 0.05) is 18.9 Å². The second kappa shape index (κ2) is 14.4. The number of nitrogens with one attached hydrogen (secondary N) is 1. The van der Waals surface area contributed by atoms with Gasteiger partial charge in [0.25, 0.3) is 0 Å². The van der Waals surface area contributed by atoms with Crippen LogP contribution < -0.4 is 5.32 Å². The molecule has 8 nitrogen and oxygen atoms in total. The highest BCUT2D eigenvalue weighted by molar-refractivity contribution is 5.73. The van der Waals surface area contributed by atoms with E-state index >= 15 is 0 Å². The second-order valence-corrected chi connectivity index (χ2v) is 9.86. The smallest absolute Gasteiger partial charge is 0.306 e. The average Bonchev–Trinajstić information content (AvgIpc) is 2.93. The number of hydrogen-bond donors (Lipinski definition) is 1. The molecule has 6 atom stereocenters. The fraction of sp³-hybridized carbons (Fsp3) is 0.533. The fourth-order valence-electron chi connectivity index (χ4n) is 4.86. The maximum Gasteiger partial charge on any atom is 0.306 e. The van der Waals surface area contributed by atoms with Crippen LogP contribution in [0.4, 0.5) is 0 Å².